The molecule has 0 saturated heterocycles. The van der Waals surface area contributed by atoms with Crippen LogP contribution in [-0.2, 0) is 0 Å². The fraction of sp³-hybridized carbons (Fsp3) is 0.320. The Balaban J connectivity index is 2.30. The summed E-state index contributed by atoms with van der Waals surface area (Å²) in [6.45, 7) is 8.17. The number of hydrogen-bond acceptors (Lipinski definition) is 6. The lowest BCUT2D eigenvalue weighted by Gasteiger charge is -2.32. The van der Waals surface area contributed by atoms with Crippen molar-refractivity contribution >= 4 is 22.6 Å². The van der Waals surface area contributed by atoms with Crippen molar-refractivity contribution in [2.75, 3.05) is 19.6 Å². The predicted octanol–water partition coefficient (Wildman–Crippen LogP) is 3.24. The van der Waals surface area contributed by atoms with Crippen LogP contribution in [0.5, 0.6) is 5.75 Å². The lowest BCUT2D eigenvalue weighted by atomic mass is 9.78. The molecular formula is C25H31N5O3. The summed E-state index contributed by atoms with van der Waals surface area (Å²) in [6, 6.07) is 16.5. The van der Waals surface area contributed by atoms with Crippen LogP contribution in [0, 0.1) is 5.92 Å². The number of benzene rings is 2. The molecule has 174 valence electrons. The van der Waals surface area contributed by atoms with Gasteiger partial charge in [-0.15, -0.1) is 5.10 Å². The van der Waals surface area contributed by atoms with Crippen LogP contribution in [0.15, 0.2) is 74.0 Å². The highest BCUT2D eigenvalue weighted by molar-refractivity contribution is 5.89. The number of guanidine groups is 1. The summed E-state index contributed by atoms with van der Waals surface area (Å²) in [6.07, 6.45) is 0. The van der Waals surface area contributed by atoms with Gasteiger partial charge in [-0.1, -0.05) is 56.3 Å². The van der Waals surface area contributed by atoms with E-state index in [1.165, 1.54) is 0 Å². The lowest BCUT2D eigenvalue weighted by molar-refractivity contribution is 0.269. The third kappa shape index (κ3) is 5.40. The molecular weight excluding hydrogens is 418 g/mol. The van der Waals surface area contributed by atoms with Crippen LogP contribution in [0.4, 0.5) is 0 Å². The molecule has 1 aromatic heterocycles. The first kappa shape index (κ1) is 24.0. The van der Waals surface area contributed by atoms with Crippen molar-refractivity contribution in [3.8, 4) is 5.75 Å². The van der Waals surface area contributed by atoms with Crippen molar-refractivity contribution in [1.82, 2.24) is 4.90 Å². The minimum Gasteiger partial charge on any atom is -0.507 e. The zero-order chi connectivity index (χ0) is 24.0. The molecule has 33 heavy (non-hydrogen) atoms. The van der Waals surface area contributed by atoms with Gasteiger partial charge >= 0.3 is 5.63 Å². The topological polar surface area (TPSA) is 130 Å². The molecule has 2 atom stereocenters. The molecule has 0 aliphatic heterocycles. The summed E-state index contributed by atoms with van der Waals surface area (Å²) >= 11 is 0. The molecule has 0 aliphatic carbocycles. The first-order chi connectivity index (χ1) is 15.9. The molecule has 1 heterocycles. The molecule has 2 unspecified atom stereocenters. The van der Waals surface area contributed by atoms with Crippen LogP contribution < -0.4 is 17.1 Å². The van der Waals surface area contributed by atoms with Crippen LogP contribution in [0.2, 0.25) is 0 Å². The third-order valence-electron chi connectivity index (χ3n) is 5.90. The average Bonchev–Trinajstić information content (AvgIpc) is 2.82. The summed E-state index contributed by atoms with van der Waals surface area (Å²) in [7, 11) is 0. The van der Waals surface area contributed by atoms with Crippen LogP contribution >= 0.6 is 0 Å². The molecule has 0 bridgehead atoms. The molecule has 0 aliphatic rings. The maximum Gasteiger partial charge on any atom is 0.343 e. The number of para-hydroxylation sites is 1. The maximum absolute atomic E-state index is 13.2. The Morgan fingerprint density at radius 2 is 1.67 bits per heavy atom. The number of rotatable bonds is 9. The van der Waals surface area contributed by atoms with Gasteiger partial charge in [0.1, 0.15) is 11.3 Å². The van der Waals surface area contributed by atoms with Gasteiger partial charge in [-0.3, -0.25) is 0 Å². The first-order valence-corrected chi connectivity index (χ1v) is 11.0. The minimum atomic E-state index is -0.584. The van der Waals surface area contributed by atoms with Gasteiger partial charge in [-0.2, -0.15) is 5.10 Å². The standard InChI is InChI=1S/C25H31N5O3/c1-4-30(5-2)15-19(16(3)28-29-25(26)27)21(17-11-7-6-8-12-17)22-23(31)18-13-9-10-14-20(18)33-24(22)32/h6-14,19,21,31H,4-5,15H2,1-3H3,(H4,26,27,29)/b28-16+. The van der Waals surface area contributed by atoms with Crippen molar-refractivity contribution in [3.05, 3.63) is 76.1 Å². The second-order valence-corrected chi connectivity index (χ2v) is 7.89. The molecule has 0 radical (unpaired) electrons. The predicted molar refractivity (Wildman–Crippen MR) is 133 cm³/mol. The van der Waals surface area contributed by atoms with Gasteiger partial charge in [0, 0.05) is 24.1 Å². The van der Waals surface area contributed by atoms with Crippen LogP contribution in [0.3, 0.4) is 0 Å². The van der Waals surface area contributed by atoms with E-state index < -0.39 is 11.5 Å². The van der Waals surface area contributed by atoms with E-state index in [1.54, 1.807) is 24.3 Å². The minimum absolute atomic E-state index is 0.0881. The fourth-order valence-electron chi connectivity index (χ4n) is 4.13. The highest BCUT2D eigenvalue weighted by atomic mass is 16.4. The molecule has 0 spiro atoms. The smallest absolute Gasteiger partial charge is 0.343 e. The van der Waals surface area contributed by atoms with E-state index in [1.807, 2.05) is 37.3 Å². The molecule has 5 N–H and O–H groups in total. The summed E-state index contributed by atoms with van der Waals surface area (Å²) in [4.78, 5) is 15.5. The Hall–Kier alpha value is -3.65. The van der Waals surface area contributed by atoms with Crippen LogP contribution in [0.25, 0.3) is 11.0 Å². The number of nitrogens with zero attached hydrogens (tertiary/aromatic N) is 3. The van der Waals surface area contributed by atoms with Gasteiger partial charge in [0.25, 0.3) is 0 Å². The Kier molecular flexibility index (Phi) is 7.84. The zero-order valence-electron chi connectivity index (χ0n) is 19.2. The van der Waals surface area contributed by atoms with Gasteiger partial charge in [0.2, 0.25) is 5.96 Å². The van der Waals surface area contributed by atoms with Crippen molar-refractivity contribution in [3.63, 3.8) is 0 Å². The van der Waals surface area contributed by atoms with Gasteiger partial charge < -0.3 is 25.9 Å². The first-order valence-electron chi connectivity index (χ1n) is 11.0. The van der Waals surface area contributed by atoms with Crippen LogP contribution in [0.1, 0.15) is 37.8 Å². The summed E-state index contributed by atoms with van der Waals surface area (Å²) in [5, 5.41) is 19.9. The van der Waals surface area contributed by atoms with Gasteiger partial charge in [0.15, 0.2) is 0 Å². The Morgan fingerprint density at radius 3 is 2.30 bits per heavy atom. The highest BCUT2D eigenvalue weighted by Gasteiger charge is 2.34. The Bertz CT molecular complexity index is 1200. The summed E-state index contributed by atoms with van der Waals surface area (Å²) < 4.78 is 5.63. The van der Waals surface area contributed by atoms with Crippen molar-refractivity contribution in [1.29, 1.82) is 0 Å². The Labute approximate surface area is 193 Å². The molecule has 8 heteroatoms. The van der Waals surface area contributed by atoms with Gasteiger partial charge in [-0.25, -0.2) is 4.79 Å². The van der Waals surface area contributed by atoms with Gasteiger partial charge in [-0.05, 0) is 37.7 Å². The molecule has 8 nitrogen and oxygen atoms in total. The second-order valence-electron chi connectivity index (χ2n) is 7.89. The van der Waals surface area contributed by atoms with E-state index in [0.717, 1.165) is 18.7 Å². The highest BCUT2D eigenvalue weighted by Crippen LogP contribution is 2.39. The Morgan fingerprint density at radius 1 is 1.03 bits per heavy atom. The largest absolute Gasteiger partial charge is 0.507 e. The van der Waals surface area contributed by atoms with E-state index in [-0.39, 0.29) is 23.2 Å². The quantitative estimate of drug-likeness (QED) is 0.199. The van der Waals surface area contributed by atoms with Crippen molar-refractivity contribution in [2.24, 2.45) is 27.6 Å². The number of nitrogens with two attached hydrogens (primary N) is 2. The second kappa shape index (κ2) is 10.8. The summed E-state index contributed by atoms with van der Waals surface area (Å²) in [5.74, 6) is -1.09. The summed E-state index contributed by atoms with van der Waals surface area (Å²) in [5.41, 5.74) is 12.4. The normalized spacial score (nSPS) is 13.8. The van der Waals surface area contributed by atoms with E-state index in [9.17, 15) is 9.90 Å². The monoisotopic (exact) mass is 449 g/mol. The number of hydrogen-bond donors (Lipinski definition) is 3. The number of aromatic hydroxyl groups is 1. The number of fused-ring (bicyclic) bond motifs is 1. The molecule has 0 amide bonds. The molecule has 0 saturated carbocycles. The third-order valence-corrected chi connectivity index (χ3v) is 5.90. The van der Waals surface area contributed by atoms with Crippen molar-refractivity contribution < 1.29 is 9.52 Å². The lowest BCUT2D eigenvalue weighted by Crippen LogP contribution is -2.37. The molecule has 3 aromatic rings. The van der Waals surface area contributed by atoms with Gasteiger partial charge in [0.05, 0.1) is 10.9 Å². The molecule has 0 fully saturated rings. The average molecular weight is 450 g/mol. The SMILES string of the molecule is CCN(CC)CC(/C(C)=N/N=C(N)N)C(c1ccccc1)c1c(O)c2ccccc2oc1=O. The van der Waals surface area contributed by atoms with E-state index in [0.29, 0.717) is 23.2 Å². The van der Waals surface area contributed by atoms with Crippen LogP contribution in [-0.4, -0.2) is 41.3 Å². The molecule has 3 rings (SSSR count). The molecule has 2 aromatic carbocycles. The maximum atomic E-state index is 13.2. The van der Waals surface area contributed by atoms with E-state index >= 15 is 0 Å². The van der Waals surface area contributed by atoms with E-state index in [4.69, 9.17) is 15.9 Å². The zero-order valence-corrected chi connectivity index (χ0v) is 19.2. The fourth-order valence-corrected chi connectivity index (χ4v) is 4.13. The van der Waals surface area contributed by atoms with Crippen molar-refractivity contribution in [2.45, 2.75) is 26.7 Å². The van der Waals surface area contributed by atoms with E-state index in [2.05, 4.69) is 29.0 Å².